The molecule has 18 heavy (non-hydrogen) atoms. The van der Waals surface area contributed by atoms with Crippen LogP contribution in [-0.4, -0.2) is 15.1 Å². The van der Waals surface area contributed by atoms with Crippen LogP contribution in [0.2, 0.25) is 0 Å². The molecule has 0 aliphatic rings. The topological polar surface area (TPSA) is 34.6 Å². The molecule has 90 valence electrons. The normalized spacial score (nSPS) is 9.78. The zero-order valence-electron chi connectivity index (χ0n) is 9.52. The van der Waals surface area contributed by atoms with E-state index < -0.39 is 0 Å². The van der Waals surface area contributed by atoms with Crippen LogP contribution in [0.25, 0.3) is 11.4 Å². The second-order valence-corrected chi connectivity index (χ2v) is 3.63. The maximum absolute atomic E-state index is 4.09. The van der Waals surface area contributed by atoms with Gasteiger partial charge in [0.2, 0.25) is 0 Å². The Morgan fingerprint density at radius 1 is 0.833 bits per heavy atom. The largest absolute Gasteiger partial charge is 1.00 e. The van der Waals surface area contributed by atoms with Crippen molar-refractivity contribution >= 4 is 0 Å². The van der Waals surface area contributed by atoms with Gasteiger partial charge in [-0.1, -0.05) is 36.4 Å². The van der Waals surface area contributed by atoms with E-state index >= 15 is 0 Å². The molecule has 2 aromatic carbocycles. The maximum Gasteiger partial charge on any atom is 0.294 e. The molecular weight excluding hydrogens is 248 g/mol. The average Bonchev–Trinajstić information content (AvgIpc) is 2.90. The van der Waals surface area contributed by atoms with E-state index in [1.165, 1.54) is 0 Å². The van der Waals surface area contributed by atoms with Gasteiger partial charge in [0.05, 0.1) is 0 Å². The molecule has 0 unspecified atom stereocenters. The highest BCUT2D eigenvalue weighted by atomic mass is 35.5. The van der Waals surface area contributed by atoms with Gasteiger partial charge in [-0.05, 0) is 29.1 Å². The fourth-order valence-corrected chi connectivity index (χ4v) is 1.71. The molecule has 0 N–H and O–H groups in total. The van der Waals surface area contributed by atoms with Gasteiger partial charge < -0.3 is 12.4 Å². The van der Waals surface area contributed by atoms with Crippen LogP contribution in [-0.2, 0) is 0 Å². The molecule has 1 heterocycles. The van der Waals surface area contributed by atoms with Crippen molar-refractivity contribution in [2.75, 3.05) is 0 Å². The molecule has 0 saturated heterocycles. The first-order valence-electron chi connectivity index (χ1n) is 5.38. The molecule has 3 aromatic rings. The molecule has 1 aromatic heterocycles. The molecule has 0 aliphatic carbocycles. The standard InChI is InChI=1S/C13H11N4.ClH/c1-3-7-12(8-4-1)16-11-14-15-17(16)13-9-5-2-6-10-13;/h1-11H;1H/q+1;/p-1. The summed E-state index contributed by atoms with van der Waals surface area (Å²) in [5.74, 6) is 0. The Labute approximate surface area is 111 Å². The minimum absolute atomic E-state index is 0. The number of halogens is 1. The molecule has 0 saturated carbocycles. The lowest BCUT2D eigenvalue weighted by atomic mass is 10.3. The first-order chi connectivity index (χ1) is 8.45. The average molecular weight is 259 g/mol. The summed E-state index contributed by atoms with van der Waals surface area (Å²) in [6.07, 6.45) is 1.70. The summed E-state index contributed by atoms with van der Waals surface area (Å²) in [4.78, 5) is 1.76. The molecule has 3 rings (SSSR count). The third-order valence-electron chi connectivity index (χ3n) is 2.51. The summed E-state index contributed by atoms with van der Waals surface area (Å²) in [5, 5.41) is 8.04. The molecule has 0 spiro atoms. The van der Waals surface area contributed by atoms with Crippen LogP contribution in [0.15, 0.2) is 67.0 Å². The third kappa shape index (κ3) is 2.24. The Balaban J connectivity index is 0.00000120. The van der Waals surface area contributed by atoms with Crippen molar-refractivity contribution in [3.8, 4) is 11.4 Å². The number of aromatic nitrogens is 4. The minimum Gasteiger partial charge on any atom is -1.00 e. The Bertz CT molecular complexity index is 553. The maximum atomic E-state index is 4.09. The predicted molar refractivity (Wildman–Crippen MR) is 62.9 cm³/mol. The Morgan fingerprint density at radius 3 is 2.11 bits per heavy atom. The fraction of sp³-hybridized carbons (Fsp3) is 0. The van der Waals surface area contributed by atoms with Crippen LogP contribution >= 0.6 is 0 Å². The number of rotatable bonds is 2. The Morgan fingerprint density at radius 2 is 1.44 bits per heavy atom. The van der Waals surface area contributed by atoms with Crippen molar-refractivity contribution in [1.82, 2.24) is 15.1 Å². The van der Waals surface area contributed by atoms with E-state index in [0.29, 0.717) is 0 Å². The molecule has 4 nitrogen and oxygen atoms in total. The van der Waals surface area contributed by atoms with Crippen LogP contribution in [0.4, 0.5) is 0 Å². The predicted octanol–water partition coefficient (Wildman–Crippen LogP) is -1.45. The van der Waals surface area contributed by atoms with E-state index in [9.17, 15) is 0 Å². The van der Waals surface area contributed by atoms with Gasteiger partial charge in [0.15, 0.2) is 5.21 Å². The number of nitrogens with zero attached hydrogens (tertiary/aromatic N) is 4. The van der Waals surface area contributed by atoms with Crippen LogP contribution in [0.3, 0.4) is 0 Å². The van der Waals surface area contributed by atoms with Crippen molar-refractivity contribution in [2.45, 2.75) is 0 Å². The van der Waals surface area contributed by atoms with Crippen LogP contribution < -0.4 is 17.1 Å². The van der Waals surface area contributed by atoms with Crippen molar-refractivity contribution in [2.24, 2.45) is 0 Å². The highest BCUT2D eigenvalue weighted by Crippen LogP contribution is 2.03. The highest BCUT2D eigenvalue weighted by Gasteiger charge is 2.13. The summed E-state index contributed by atoms with van der Waals surface area (Å²) in [5.41, 5.74) is 2.01. The third-order valence-corrected chi connectivity index (χ3v) is 2.51. The van der Waals surface area contributed by atoms with Crippen LogP contribution in [0.1, 0.15) is 0 Å². The van der Waals surface area contributed by atoms with E-state index in [1.54, 1.807) is 11.1 Å². The molecule has 0 radical (unpaired) electrons. The van der Waals surface area contributed by atoms with E-state index in [4.69, 9.17) is 0 Å². The minimum atomic E-state index is 0. The summed E-state index contributed by atoms with van der Waals surface area (Å²) < 4.78 is 1.90. The second-order valence-electron chi connectivity index (χ2n) is 3.63. The van der Waals surface area contributed by atoms with Gasteiger partial charge in [0, 0.05) is 0 Å². The molecule has 0 aliphatic heterocycles. The van der Waals surface area contributed by atoms with Crippen molar-refractivity contribution in [3.05, 3.63) is 67.0 Å². The SMILES string of the molecule is [Cl-].c1ccc(-n2nnc[n+]2-c2ccccc2)cc1. The van der Waals surface area contributed by atoms with Gasteiger partial charge in [0.1, 0.15) is 16.5 Å². The lowest BCUT2D eigenvalue weighted by Crippen LogP contribution is -3.00. The van der Waals surface area contributed by atoms with E-state index in [2.05, 4.69) is 10.3 Å². The zero-order chi connectivity index (χ0) is 11.5. The first-order valence-corrected chi connectivity index (χ1v) is 5.38. The number of hydrogen-bond acceptors (Lipinski definition) is 2. The molecule has 0 atom stereocenters. The summed E-state index contributed by atoms with van der Waals surface area (Å²) in [7, 11) is 0. The van der Waals surface area contributed by atoms with E-state index in [1.807, 2.05) is 65.3 Å². The summed E-state index contributed by atoms with van der Waals surface area (Å²) in [6.45, 7) is 0. The van der Waals surface area contributed by atoms with Gasteiger partial charge in [0.25, 0.3) is 6.33 Å². The lowest BCUT2D eigenvalue weighted by molar-refractivity contribution is -0.680. The van der Waals surface area contributed by atoms with Gasteiger partial charge in [-0.3, -0.25) is 0 Å². The number of hydrogen-bond donors (Lipinski definition) is 0. The molecule has 0 fully saturated rings. The monoisotopic (exact) mass is 258 g/mol. The lowest BCUT2D eigenvalue weighted by Gasteiger charge is -2.01. The van der Waals surface area contributed by atoms with Crippen LogP contribution in [0.5, 0.6) is 0 Å². The molecule has 0 amide bonds. The smallest absolute Gasteiger partial charge is 0.294 e. The van der Waals surface area contributed by atoms with Crippen molar-refractivity contribution in [1.29, 1.82) is 0 Å². The molecule has 5 heteroatoms. The zero-order valence-corrected chi connectivity index (χ0v) is 10.3. The Hall–Kier alpha value is -2.20. The fourth-order valence-electron chi connectivity index (χ4n) is 1.71. The van der Waals surface area contributed by atoms with Crippen molar-refractivity contribution < 1.29 is 17.1 Å². The number of tetrazole rings is 1. The van der Waals surface area contributed by atoms with Gasteiger partial charge in [-0.2, -0.15) is 0 Å². The quantitative estimate of drug-likeness (QED) is 0.527. The first kappa shape index (κ1) is 12.3. The highest BCUT2D eigenvalue weighted by molar-refractivity contribution is 5.28. The van der Waals surface area contributed by atoms with Gasteiger partial charge in [-0.15, -0.1) is 4.68 Å². The number of benzene rings is 2. The number of para-hydroxylation sites is 2. The molecular formula is C13H11ClN4. The summed E-state index contributed by atoms with van der Waals surface area (Å²) >= 11 is 0. The molecule has 0 bridgehead atoms. The van der Waals surface area contributed by atoms with E-state index in [0.717, 1.165) is 11.4 Å². The van der Waals surface area contributed by atoms with E-state index in [-0.39, 0.29) is 12.4 Å². The Kier molecular flexibility index (Phi) is 3.69. The second kappa shape index (κ2) is 5.42. The van der Waals surface area contributed by atoms with Gasteiger partial charge >= 0.3 is 0 Å². The van der Waals surface area contributed by atoms with Crippen LogP contribution in [0, 0.1) is 0 Å². The van der Waals surface area contributed by atoms with Gasteiger partial charge in [-0.25, -0.2) is 0 Å². The van der Waals surface area contributed by atoms with Crippen molar-refractivity contribution in [3.63, 3.8) is 0 Å². The summed E-state index contributed by atoms with van der Waals surface area (Å²) in [6, 6.07) is 19.9.